The van der Waals surface area contributed by atoms with Crippen molar-refractivity contribution in [3.05, 3.63) is 0 Å². The fourth-order valence-electron chi connectivity index (χ4n) is 1.26. The Labute approximate surface area is 88.3 Å². The lowest BCUT2D eigenvalue weighted by atomic mass is 10.1. The zero-order valence-electron chi connectivity index (χ0n) is 10.0. The van der Waals surface area contributed by atoms with Gasteiger partial charge in [-0.1, -0.05) is 27.7 Å². The van der Waals surface area contributed by atoms with Crippen LogP contribution in [0.4, 0.5) is 0 Å². The van der Waals surface area contributed by atoms with Gasteiger partial charge in [-0.2, -0.15) is 0 Å². The lowest BCUT2D eigenvalue weighted by Gasteiger charge is -2.20. The molecule has 0 heterocycles. The first-order chi connectivity index (χ1) is 6.56. The highest BCUT2D eigenvalue weighted by Crippen LogP contribution is 2.00. The average molecular weight is 202 g/mol. The van der Waals surface area contributed by atoms with Gasteiger partial charge < -0.3 is 15.7 Å². The molecule has 14 heavy (non-hydrogen) atoms. The van der Waals surface area contributed by atoms with Gasteiger partial charge in [0.25, 0.3) is 0 Å². The van der Waals surface area contributed by atoms with E-state index in [0.29, 0.717) is 18.0 Å². The van der Waals surface area contributed by atoms with Crippen LogP contribution in [0.25, 0.3) is 0 Å². The van der Waals surface area contributed by atoms with E-state index in [2.05, 4.69) is 38.3 Å². The summed E-state index contributed by atoms with van der Waals surface area (Å²) >= 11 is 0. The van der Waals surface area contributed by atoms with Crippen molar-refractivity contribution in [1.29, 1.82) is 0 Å². The molecule has 3 nitrogen and oxygen atoms in total. The molecule has 0 aromatic carbocycles. The van der Waals surface area contributed by atoms with Crippen LogP contribution in [0.15, 0.2) is 0 Å². The SMILES string of the molecule is CC(C)NCC(CCO)CNC(C)C. The molecule has 0 aromatic heterocycles. The van der Waals surface area contributed by atoms with E-state index in [-0.39, 0.29) is 6.61 Å². The standard InChI is InChI=1S/C11H26N2O/c1-9(2)12-7-11(5-6-14)8-13-10(3)4/h9-14H,5-8H2,1-4H3. The molecule has 0 aliphatic rings. The lowest BCUT2D eigenvalue weighted by molar-refractivity contribution is 0.247. The molecule has 0 fully saturated rings. The molecular weight excluding hydrogens is 176 g/mol. The Bertz CT molecular complexity index is 114. The highest BCUT2D eigenvalue weighted by atomic mass is 16.3. The van der Waals surface area contributed by atoms with Gasteiger partial charge in [0.2, 0.25) is 0 Å². The first-order valence-electron chi connectivity index (χ1n) is 5.63. The second-order valence-electron chi connectivity index (χ2n) is 4.50. The fourth-order valence-corrected chi connectivity index (χ4v) is 1.26. The number of rotatable bonds is 8. The molecule has 0 saturated heterocycles. The van der Waals surface area contributed by atoms with Crippen LogP contribution in [0.3, 0.4) is 0 Å². The highest BCUT2D eigenvalue weighted by Gasteiger charge is 2.08. The van der Waals surface area contributed by atoms with Gasteiger partial charge in [0.05, 0.1) is 0 Å². The Hall–Kier alpha value is -0.120. The zero-order chi connectivity index (χ0) is 11.0. The molecule has 0 saturated carbocycles. The first kappa shape index (κ1) is 13.9. The van der Waals surface area contributed by atoms with E-state index in [9.17, 15) is 0 Å². The summed E-state index contributed by atoms with van der Waals surface area (Å²) in [7, 11) is 0. The van der Waals surface area contributed by atoms with Gasteiger partial charge in [0.15, 0.2) is 0 Å². The number of hydrogen-bond acceptors (Lipinski definition) is 3. The minimum Gasteiger partial charge on any atom is -0.396 e. The maximum Gasteiger partial charge on any atom is 0.0434 e. The van der Waals surface area contributed by atoms with Crippen molar-refractivity contribution in [2.45, 2.75) is 46.2 Å². The largest absolute Gasteiger partial charge is 0.396 e. The van der Waals surface area contributed by atoms with Gasteiger partial charge in [-0.25, -0.2) is 0 Å². The molecule has 0 aromatic rings. The molecular formula is C11H26N2O. The van der Waals surface area contributed by atoms with Crippen LogP contribution in [0, 0.1) is 5.92 Å². The van der Waals surface area contributed by atoms with E-state index in [1.807, 2.05) is 0 Å². The number of hydrogen-bond donors (Lipinski definition) is 3. The minimum atomic E-state index is 0.282. The molecule has 3 heteroatoms. The Morgan fingerprint density at radius 3 is 1.64 bits per heavy atom. The van der Waals surface area contributed by atoms with Crippen molar-refractivity contribution in [1.82, 2.24) is 10.6 Å². The quantitative estimate of drug-likeness (QED) is 0.550. The molecule has 3 N–H and O–H groups in total. The van der Waals surface area contributed by atoms with Crippen LogP contribution in [-0.2, 0) is 0 Å². The summed E-state index contributed by atoms with van der Waals surface area (Å²) in [5, 5.41) is 15.7. The van der Waals surface area contributed by atoms with Crippen LogP contribution in [0.5, 0.6) is 0 Å². The molecule has 86 valence electrons. The molecule has 0 aliphatic carbocycles. The lowest BCUT2D eigenvalue weighted by Crippen LogP contribution is -2.37. The smallest absolute Gasteiger partial charge is 0.0434 e. The molecule has 0 rings (SSSR count). The average Bonchev–Trinajstić information content (AvgIpc) is 2.09. The van der Waals surface area contributed by atoms with Gasteiger partial charge >= 0.3 is 0 Å². The van der Waals surface area contributed by atoms with Gasteiger partial charge in [-0.05, 0) is 25.4 Å². The van der Waals surface area contributed by atoms with Gasteiger partial charge in [0, 0.05) is 18.7 Å². The second kappa shape index (κ2) is 8.21. The summed E-state index contributed by atoms with van der Waals surface area (Å²) in [6.45, 7) is 10.8. The molecule has 0 atom stereocenters. The topological polar surface area (TPSA) is 44.3 Å². The van der Waals surface area contributed by atoms with Crippen LogP contribution in [-0.4, -0.2) is 36.9 Å². The maximum atomic E-state index is 8.91. The summed E-state index contributed by atoms with van der Waals surface area (Å²) in [6, 6.07) is 1.05. The van der Waals surface area contributed by atoms with Crippen molar-refractivity contribution < 1.29 is 5.11 Å². The van der Waals surface area contributed by atoms with E-state index < -0.39 is 0 Å². The summed E-state index contributed by atoms with van der Waals surface area (Å²) in [5.41, 5.74) is 0. The van der Waals surface area contributed by atoms with E-state index in [1.165, 1.54) is 0 Å². The minimum absolute atomic E-state index is 0.282. The fraction of sp³-hybridized carbons (Fsp3) is 1.00. The van der Waals surface area contributed by atoms with Crippen LogP contribution < -0.4 is 10.6 Å². The van der Waals surface area contributed by atoms with E-state index >= 15 is 0 Å². The highest BCUT2D eigenvalue weighted by molar-refractivity contribution is 4.68. The first-order valence-corrected chi connectivity index (χ1v) is 5.63. The monoisotopic (exact) mass is 202 g/mol. The zero-order valence-corrected chi connectivity index (χ0v) is 10.0. The Kier molecular flexibility index (Phi) is 8.14. The summed E-state index contributed by atoms with van der Waals surface area (Å²) in [4.78, 5) is 0. The third-order valence-electron chi connectivity index (χ3n) is 2.17. The molecule has 0 bridgehead atoms. The van der Waals surface area contributed by atoms with E-state index in [1.54, 1.807) is 0 Å². The van der Waals surface area contributed by atoms with Gasteiger partial charge in [0.1, 0.15) is 0 Å². The van der Waals surface area contributed by atoms with Crippen LogP contribution in [0.2, 0.25) is 0 Å². The van der Waals surface area contributed by atoms with Crippen molar-refractivity contribution >= 4 is 0 Å². The predicted octanol–water partition coefficient (Wildman–Crippen LogP) is 0.981. The van der Waals surface area contributed by atoms with Gasteiger partial charge in [-0.3, -0.25) is 0 Å². The summed E-state index contributed by atoms with van der Waals surface area (Å²) < 4.78 is 0. The molecule has 0 aliphatic heterocycles. The summed E-state index contributed by atoms with van der Waals surface area (Å²) in [5.74, 6) is 0.532. The third-order valence-corrected chi connectivity index (χ3v) is 2.17. The van der Waals surface area contributed by atoms with Crippen LogP contribution >= 0.6 is 0 Å². The number of nitrogens with one attached hydrogen (secondary N) is 2. The molecule has 0 unspecified atom stereocenters. The second-order valence-corrected chi connectivity index (χ2v) is 4.50. The normalized spacial score (nSPS) is 12.0. The molecule has 0 radical (unpaired) electrons. The third kappa shape index (κ3) is 8.48. The van der Waals surface area contributed by atoms with Crippen molar-refractivity contribution in [2.24, 2.45) is 5.92 Å². The molecule has 0 amide bonds. The summed E-state index contributed by atoms with van der Waals surface area (Å²) in [6.07, 6.45) is 0.874. The van der Waals surface area contributed by atoms with Crippen molar-refractivity contribution in [3.63, 3.8) is 0 Å². The predicted molar refractivity (Wildman–Crippen MR) is 61.5 cm³/mol. The Balaban J connectivity index is 3.65. The number of aliphatic hydroxyl groups excluding tert-OH is 1. The van der Waals surface area contributed by atoms with E-state index in [0.717, 1.165) is 19.5 Å². The maximum absolute atomic E-state index is 8.91. The molecule has 0 spiro atoms. The van der Waals surface area contributed by atoms with E-state index in [4.69, 9.17) is 5.11 Å². The van der Waals surface area contributed by atoms with Crippen molar-refractivity contribution in [2.75, 3.05) is 19.7 Å². The van der Waals surface area contributed by atoms with Crippen LogP contribution in [0.1, 0.15) is 34.1 Å². The Morgan fingerprint density at radius 2 is 1.36 bits per heavy atom. The Morgan fingerprint density at radius 1 is 0.929 bits per heavy atom. The number of aliphatic hydroxyl groups is 1. The van der Waals surface area contributed by atoms with Crippen molar-refractivity contribution in [3.8, 4) is 0 Å². The van der Waals surface area contributed by atoms with Gasteiger partial charge in [-0.15, -0.1) is 0 Å².